The molecule has 6 nitrogen and oxygen atoms in total. The number of urea groups is 1. The van der Waals surface area contributed by atoms with Crippen LogP contribution in [0.2, 0.25) is 0 Å². The Morgan fingerprint density at radius 1 is 1.43 bits per heavy atom. The molecule has 3 N–H and O–H groups in total. The third-order valence-electron chi connectivity index (χ3n) is 3.15. The van der Waals surface area contributed by atoms with E-state index in [1.54, 1.807) is 32.0 Å². The molecule has 0 fully saturated rings. The van der Waals surface area contributed by atoms with Crippen molar-refractivity contribution in [3.63, 3.8) is 0 Å². The summed E-state index contributed by atoms with van der Waals surface area (Å²) in [6.45, 7) is 3.82. The van der Waals surface area contributed by atoms with Crippen LogP contribution in [0.4, 0.5) is 10.5 Å². The van der Waals surface area contributed by atoms with Gasteiger partial charge in [-0.1, -0.05) is 19.1 Å². The minimum Gasteiger partial charge on any atom is -0.481 e. The van der Waals surface area contributed by atoms with Crippen LogP contribution in [0.5, 0.6) is 0 Å². The molecule has 0 bridgehead atoms. The molecule has 0 aliphatic heterocycles. The number of carbonyl (C=O) groups is 2. The monoisotopic (exact) mass is 289 g/mol. The Labute approximate surface area is 123 Å². The van der Waals surface area contributed by atoms with Crippen molar-refractivity contribution in [3.05, 3.63) is 29.3 Å². The van der Waals surface area contributed by atoms with E-state index in [0.717, 1.165) is 5.56 Å². The van der Waals surface area contributed by atoms with Crippen LogP contribution in [-0.2, 0) is 4.79 Å². The number of anilines is 1. The number of hydrogen-bond acceptors (Lipinski definition) is 3. The van der Waals surface area contributed by atoms with Gasteiger partial charge in [-0.15, -0.1) is 0 Å². The predicted molar refractivity (Wildman–Crippen MR) is 78.9 cm³/mol. The lowest BCUT2D eigenvalue weighted by molar-refractivity contribution is -0.141. The number of nitrogens with zero attached hydrogens (tertiary/aromatic N) is 1. The molecule has 0 spiro atoms. The summed E-state index contributed by atoms with van der Waals surface area (Å²) >= 11 is 0. The fraction of sp³-hybridized carbons (Fsp3) is 0.400. The largest absolute Gasteiger partial charge is 0.481 e. The van der Waals surface area contributed by atoms with E-state index in [0.29, 0.717) is 30.6 Å². The Kier molecular flexibility index (Phi) is 6.21. The number of nitriles is 1. The smallest absolute Gasteiger partial charge is 0.319 e. The highest BCUT2D eigenvalue weighted by Gasteiger charge is 2.11. The summed E-state index contributed by atoms with van der Waals surface area (Å²) in [6.07, 6.45) is 1.09. The molecule has 0 saturated heterocycles. The van der Waals surface area contributed by atoms with E-state index in [9.17, 15) is 9.59 Å². The molecule has 0 aliphatic rings. The van der Waals surface area contributed by atoms with E-state index in [1.807, 2.05) is 0 Å². The standard InChI is InChI=1S/C15H19N3O3/c1-10-5-3-7-13(12(10)9-16)18-15(21)17-8-4-6-11(2)14(19)20/h3,5,7,11H,4,6,8H2,1-2H3,(H,19,20)(H2,17,18,21). The molecule has 21 heavy (non-hydrogen) atoms. The highest BCUT2D eigenvalue weighted by Crippen LogP contribution is 2.18. The lowest BCUT2D eigenvalue weighted by atomic mass is 10.1. The van der Waals surface area contributed by atoms with Crippen molar-refractivity contribution in [2.24, 2.45) is 5.92 Å². The van der Waals surface area contributed by atoms with Crippen molar-refractivity contribution in [3.8, 4) is 6.07 Å². The van der Waals surface area contributed by atoms with Gasteiger partial charge in [0.25, 0.3) is 0 Å². The van der Waals surface area contributed by atoms with Gasteiger partial charge < -0.3 is 15.7 Å². The van der Waals surface area contributed by atoms with Crippen LogP contribution < -0.4 is 10.6 Å². The molecular formula is C15H19N3O3. The fourth-order valence-corrected chi connectivity index (χ4v) is 1.82. The molecule has 1 atom stereocenters. The predicted octanol–water partition coefficient (Wildman–Crippen LogP) is 2.49. The average Bonchev–Trinajstić information content (AvgIpc) is 2.43. The van der Waals surface area contributed by atoms with E-state index in [-0.39, 0.29) is 0 Å². The van der Waals surface area contributed by atoms with Crippen molar-refractivity contribution in [1.29, 1.82) is 5.26 Å². The maximum absolute atomic E-state index is 11.7. The van der Waals surface area contributed by atoms with Gasteiger partial charge in [0.1, 0.15) is 6.07 Å². The SMILES string of the molecule is Cc1cccc(NC(=O)NCCCC(C)C(=O)O)c1C#N. The van der Waals surface area contributed by atoms with E-state index in [2.05, 4.69) is 16.7 Å². The van der Waals surface area contributed by atoms with E-state index >= 15 is 0 Å². The van der Waals surface area contributed by atoms with Crippen LogP contribution in [0.1, 0.15) is 30.9 Å². The number of carboxylic acids is 1. The number of aliphatic carboxylic acids is 1. The van der Waals surface area contributed by atoms with Crippen LogP contribution in [0, 0.1) is 24.2 Å². The van der Waals surface area contributed by atoms with Crippen LogP contribution in [0.15, 0.2) is 18.2 Å². The van der Waals surface area contributed by atoms with Gasteiger partial charge in [0, 0.05) is 6.54 Å². The zero-order valence-electron chi connectivity index (χ0n) is 12.1. The second-order valence-electron chi connectivity index (χ2n) is 4.87. The van der Waals surface area contributed by atoms with Gasteiger partial charge in [-0.25, -0.2) is 4.79 Å². The number of nitrogens with one attached hydrogen (secondary N) is 2. The molecule has 6 heteroatoms. The summed E-state index contributed by atoms with van der Waals surface area (Å²) in [5.74, 6) is -1.25. The van der Waals surface area contributed by atoms with Gasteiger partial charge in [-0.3, -0.25) is 4.79 Å². The quantitative estimate of drug-likeness (QED) is 0.700. The van der Waals surface area contributed by atoms with E-state index in [1.165, 1.54) is 0 Å². The molecular weight excluding hydrogens is 270 g/mol. The Balaban J connectivity index is 2.43. The summed E-state index contributed by atoms with van der Waals surface area (Å²) in [6, 6.07) is 6.88. The first-order chi connectivity index (χ1) is 9.95. The zero-order chi connectivity index (χ0) is 15.8. The number of benzene rings is 1. The van der Waals surface area contributed by atoms with Crippen molar-refractivity contribution in [2.75, 3.05) is 11.9 Å². The highest BCUT2D eigenvalue weighted by atomic mass is 16.4. The maximum Gasteiger partial charge on any atom is 0.319 e. The van der Waals surface area contributed by atoms with Crippen molar-refractivity contribution >= 4 is 17.7 Å². The highest BCUT2D eigenvalue weighted by molar-refractivity contribution is 5.91. The number of aryl methyl sites for hydroxylation is 1. The first-order valence-electron chi connectivity index (χ1n) is 6.73. The third-order valence-corrected chi connectivity index (χ3v) is 3.15. The molecule has 0 saturated carbocycles. The molecule has 1 rings (SSSR count). The van der Waals surface area contributed by atoms with Gasteiger partial charge in [0.15, 0.2) is 0 Å². The van der Waals surface area contributed by atoms with Crippen LogP contribution in [0.3, 0.4) is 0 Å². The molecule has 0 radical (unpaired) electrons. The van der Waals surface area contributed by atoms with E-state index in [4.69, 9.17) is 10.4 Å². The Morgan fingerprint density at radius 2 is 2.14 bits per heavy atom. The van der Waals surface area contributed by atoms with Crippen LogP contribution in [0.25, 0.3) is 0 Å². The zero-order valence-corrected chi connectivity index (χ0v) is 12.1. The first-order valence-corrected chi connectivity index (χ1v) is 6.73. The van der Waals surface area contributed by atoms with Crippen molar-refractivity contribution in [2.45, 2.75) is 26.7 Å². The molecule has 0 aromatic heterocycles. The van der Waals surface area contributed by atoms with Gasteiger partial charge in [-0.05, 0) is 31.4 Å². The fourth-order valence-electron chi connectivity index (χ4n) is 1.82. The van der Waals surface area contributed by atoms with Crippen molar-refractivity contribution in [1.82, 2.24) is 5.32 Å². The van der Waals surface area contributed by atoms with Gasteiger partial charge >= 0.3 is 12.0 Å². The minimum absolute atomic E-state index is 0.386. The number of hydrogen-bond donors (Lipinski definition) is 3. The molecule has 0 aliphatic carbocycles. The maximum atomic E-state index is 11.7. The molecule has 1 aromatic carbocycles. The number of amides is 2. The molecule has 2 amide bonds. The normalized spacial score (nSPS) is 11.3. The summed E-state index contributed by atoms with van der Waals surface area (Å²) in [4.78, 5) is 22.4. The summed E-state index contributed by atoms with van der Waals surface area (Å²) < 4.78 is 0. The summed E-state index contributed by atoms with van der Waals surface area (Å²) in [7, 11) is 0. The van der Waals surface area contributed by atoms with Crippen LogP contribution >= 0.6 is 0 Å². The number of carbonyl (C=O) groups excluding carboxylic acids is 1. The number of carboxylic acid groups (broad SMARTS) is 1. The summed E-state index contributed by atoms with van der Waals surface area (Å²) in [5, 5.41) is 23.1. The van der Waals surface area contributed by atoms with Gasteiger partial charge in [0.05, 0.1) is 17.2 Å². The Hall–Kier alpha value is -2.55. The Bertz CT molecular complexity index is 564. The van der Waals surface area contributed by atoms with Crippen molar-refractivity contribution < 1.29 is 14.7 Å². The lowest BCUT2D eigenvalue weighted by Crippen LogP contribution is -2.30. The average molecular weight is 289 g/mol. The molecule has 112 valence electrons. The second-order valence-corrected chi connectivity index (χ2v) is 4.87. The van der Waals surface area contributed by atoms with E-state index < -0.39 is 17.9 Å². The summed E-state index contributed by atoms with van der Waals surface area (Å²) in [5.41, 5.74) is 1.70. The first kappa shape index (κ1) is 16.5. The van der Waals surface area contributed by atoms with Gasteiger partial charge in [0.2, 0.25) is 0 Å². The minimum atomic E-state index is -0.835. The third kappa shape index (κ3) is 5.15. The Morgan fingerprint density at radius 3 is 2.76 bits per heavy atom. The second kappa shape index (κ2) is 7.90. The molecule has 1 unspecified atom stereocenters. The molecule has 1 aromatic rings. The number of rotatable bonds is 6. The van der Waals surface area contributed by atoms with Crippen LogP contribution in [-0.4, -0.2) is 23.7 Å². The topological polar surface area (TPSA) is 102 Å². The molecule has 0 heterocycles. The van der Waals surface area contributed by atoms with Gasteiger partial charge in [-0.2, -0.15) is 5.26 Å². The lowest BCUT2D eigenvalue weighted by Gasteiger charge is -2.10.